The Kier molecular flexibility index (Phi) is 7.71. The van der Waals surface area contributed by atoms with Crippen molar-refractivity contribution in [2.24, 2.45) is 0 Å². The molecule has 0 bridgehead atoms. The molecule has 3 aromatic rings. The predicted octanol–water partition coefficient (Wildman–Crippen LogP) is -1.45. The standard InChI is InChI=1S/C26H28O14/c27-7-16-20(33)22(35)25(40-26-23(36)19(32)13(31)8-37-26)24(39-16)18-12(30)6-15-17(21(18)34)11(29)5-14(38-15)9-1-3-10(28)4-2-9/h1-6,13,16,19-20,22-28,30-36H,7-8H2/t13-,16+,19+,20+,22-,23+,24-,25+,26+/m0/s1. The van der Waals surface area contributed by atoms with Crippen LogP contribution in [0.5, 0.6) is 17.2 Å². The zero-order valence-corrected chi connectivity index (χ0v) is 20.6. The number of benzene rings is 2. The molecule has 9 atom stereocenters. The lowest BCUT2D eigenvalue weighted by Crippen LogP contribution is -2.60. The maximum Gasteiger partial charge on any atom is 0.197 e. The van der Waals surface area contributed by atoms with Gasteiger partial charge in [-0.15, -0.1) is 0 Å². The van der Waals surface area contributed by atoms with Crippen molar-refractivity contribution in [3.8, 4) is 28.6 Å². The number of ether oxygens (including phenoxy) is 3. The van der Waals surface area contributed by atoms with Crippen LogP contribution in [0.4, 0.5) is 0 Å². The number of hydrogen-bond donors (Lipinski definition) is 9. The van der Waals surface area contributed by atoms with Crippen LogP contribution in [0.2, 0.25) is 0 Å². The van der Waals surface area contributed by atoms with Crippen molar-refractivity contribution in [1.82, 2.24) is 0 Å². The minimum atomic E-state index is -1.85. The molecule has 0 radical (unpaired) electrons. The number of aliphatic hydroxyl groups excluding tert-OH is 6. The number of aliphatic hydroxyl groups is 6. The molecular weight excluding hydrogens is 536 g/mol. The van der Waals surface area contributed by atoms with E-state index >= 15 is 0 Å². The van der Waals surface area contributed by atoms with Crippen molar-refractivity contribution < 1.29 is 64.6 Å². The molecule has 14 heteroatoms. The normalized spacial score (nSPS) is 32.8. The van der Waals surface area contributed by atoms with Crippen LogP contribution in [0.25, 0.3) is 22.3 Å². The smallest absolute Gasteiger partial charge is 0.197 e. The summed E-state index contributed by atoms with van der Waals surface area (Å²) in [6, 6.07) is 7.84. The van der Waals surface area contributed by atoms with E-state index in [1.807, 2.05) is 0 Å². The zero-order chi connectivity index (χ0) is 28.9. The van der Waals surface area contributed by atoms with Crippen LogP contribution >= 0.6 is 0 Å². The van der Waals surface area contributed by atoms with Gasteiger partial charge in [-0.05, 0) is 24.3 Å². The van der Waals surface area contributed by atoms with E-state index in [2.05, 4.69) is 0 Å². The number of phenolic OH excluding ortho intramolecular Hbond substituents is 3. The minimum absolute atomic E-state index is 0.0126. The van der Waals surface area contributed by atoms with Crippen LogP contribution in [0, 0.1) is 0 Å². The summed E-state index contributed by atoms with van der Waals surface area (Å²) < 4.78 is 22.3. The highest BCUT2D eigenvalue weighted by molar-refractivity contribution is 5.88. The van der Waals surface area contributed by atoms with Gasteiger partial charge in [-0.25, -0.2) is 0 Å². The predicted molar refractivity (Wildman–Crippen MR) is 132 cm³/mol. The first-order valence-corrected chi connectivity index (χ1v) is 12.3. The molecule has 0 amide bonds. The fourth-order valence-electron chi connectivity index (χ4n) is 4.88. The monoisotopic (exact) mass is 564 g/mol. The maximum atomic E-state index is 13.1. The molecule has 0 unspecified atom stereocenters. The summed E-state index contributed by atoms with van der Waals surface area (Å²) in [6.45, 7) is -1.24. The molecule has 3 heterocycles. The second kappa shape index (κ2) is 10.9. The number of aromatic hydroxyl groups is 3. The van der Waals surface area contributed by atoms with Crippen LogP contribution < -0.4 is 5.43 Å². The highest BCUT2D eigenvalue weighted by Crippen LogP contribution is 2.46. The van der Waals surface area contributed by atoms with Gasteiger partial charge in [0.15, 0.2) is 11.7 Å². The van der Waals surface area contributed by atoms with Gasteiger partial charge >= 0.3 is 0 Å². The van der Waals surface area contributed by atoms with Gasteiger partial charge in [-0.3, -0.25) is 4.79 Å². The van der Waals surface area contributed by atoms with Gasteiger partial charge in [0.05, 0.1) is 18.8 Å². The first-order chi connectivity index (χ1) is 19.0. The SMILES string of the molecule is O=c1cc(-c2ccc(O)cc2)oc2cc(O)c([C@@H]3O[C@H](CO)[C@@H](O)[C@H](O)[C@H]3O[C@H]3OC[C@H](O)[C@@H](O)[C@H]3O)c(O)c12. The van der Waals surface area contributed by atoms with Crippen molar-refractivity contribution in [2.75, 3.05) is 13.2 Å². The second-order valence-electron chi connectivity index (χ2n) is 9.66. The van der Waals surface area contributed by atoms with Crippen LogP contribution in [-0.4, -0.2) is 108 Å². The molecule has 40 heavy (non-hydrogen) atoms. The lowest BCUT2D eigenvalue weighted by Gasteiger charge is -2.45. The summed E-state index contributed by atoms with van der Waals surface area (Å²) in [6.07, 6.45) is -14.9. The fourth-order valence-corrected chi connectivity index (χ4v) is 4.88. The molecule has 0 spiro atoms. The summed E-state index contributed by atoms with van der Waals surface area (Å²) in [5.41, 5.74) is -0.980. The zero-order valence-electron chi connectivity index (χ0n) is 20.6. The molecule has 216 valence electrons. The van der Waals surface area contributed by atoms with Crippen molar-refractivity contribution in [3.63, 3.8) is 0 Å². The summed E-state index contributed by atoms with van der Waals surface area (Å²) in [4.78, 5) is 13.1. The van der Waals surface area contributed by atoms with Crippen LogP contribution in [0.1, 0.15) is 11.7 Å². The number of fused-ring (bicyclic) bond motifs is 1. The number of rotatable bonds is 5. The summed E-state index contributed by atoms with van der Waals surface area (Å²) in [7, 11) is 0. The Bertz CT molecular complexity index is 1420. The van der Waals surface area contributed by atoms with Crippen molar-refractivity contribution in [3.05, 3.63) is 52.2 Å². The third kappa shape index (κ3) is 4.89. The molecule has 2 saturated heterocycles. The van der Waals surface area contributed by atoms with Crippen LogP contribution in [0.15, 0.2) is 45.6 Å². The van der Waals surface area contributed by atoms with Crippen molar-refractivity contribution in [1.29, 1.82) is 0 Å². The van der Waals surface area contributed by atoms with Gasteiger partial charge in [-0.2, -0.15) is 0 Å². The molecule has 9 N–H and O–H groups in total. The molecule has 5 rings (SSSR count). The quantitative estimate of drug-likeness (QED) is 0.172. The molecule has 2 aliphatic rings. The van der Waals surface area contributed by atoms with E-state index in [0.29, 0.717) is 5.56 Å². The van der Waals surface area contributed by atoms with Gasteiger partial charge in [0.1, 0.15) is 82.8 Å². The topological polar surface area (TPSA) is 240 Å². The molecule has 2 aromatic carbocycles. The highest BCUT2D eigenvalue weighted by atomic mass is 16.7. The lowest BCUT2D eigenvalue weighted by atomic mass is 9.89. The Morgan fingerprint density at radius 1 is 0.900 bits per heavy atom. The minimum Gasteiger partial charge on any atom is -0.508 e. The Hall–Kier alpha value is -3.31. The lowest BCUT2D eigenvalue weighted by molar-refractivity contribution is -0.325. The number of phenols is 3. The largest absolute Gasteiger partial charge is 0.508 e. The molecule has 0 saturated carbocycles. The Morgan fingerprint density at radius 2 is 1.60 bits per heavy atom. The van der Waals surface area contributed by atoms with E-state index < -0.39 is 90.8 Å². The Balaban J connectivity index is 1.58. The average Bonchev–Trinajstić information content (AvgIpc) is 2.92. The second-order valence-corrected chi connectivity index (χ2v) is 9.66. The van der Waals surface area contributed by atoms with E-state index in [0.717, 1.165) is 12.1 Å². The molecule has 0 aliphatic carbocycles. The van der Waals surface area contributed by atoms with Crippen LogP contribution in [-0.2, 0) is 14.2 Å². The summed E-state index contributed by atoms with van der Waals surface area (Å²) >= 11 is 0. The van der Waals surface area contributed by atoms with Gasteiger partial charge in [0, 0.05) is 17.7 Å². The van der Waals surface area contributed by atoms with E-state index in [1.165, 1.54) is 24.3 Å². The molecule has 2 aliphatic heterocycles. The Labute approximate surface area is 225 Å². The van der Waals surface area contributed by atoms with Crippen molar-refractivity contribution in [2.45, 2.75) is 55.1 Å². The summed E-state index contributed by atoms with van der Waals surface area (Å²) in [5, 5.41) is 92.3. The van der Waals surface area contributed by atoms with E-state index in [9.17, 15) is 50.8 Å². The van der Waals surface area contributed by atoms with E-state index in [4.69, 9.17) is 18.6 Å². The number of hydrogen-bond acceptors (Lipinski definition) is 14. The van der Waals surface area contributed by atoms with E-state index in [-0.39, 0.29) is 22.5 Å². The van der Waals surface area contributed by atoms with Gasteiger partial charge < -0.3 is 64.6 Å². The third-order valence-electron chi connectivity index (χ3n) is 7.06. The molecule has 1 aromatic heterocycles. The third-order valence-corrected chi connectivity index (χ3v) is 7.06. The van der Waals surface area contributed by atoms with E-state index in [1.54, 1.807) is 0 Å². The van der Waals surface area contributed by atoms with Gasteiger partial charge in [0.25, 0.3) is 0 Å². The fraction of sp³-hybridized carbons (Fsp3) is 0.423. The van der Waals surface area contributed by atoms with Crippen molar-refractivity contribution >= 4 is 11.0 Å². The first-order valence-electron chi connectivity index (χ1n) is 12.3. The van der Waals surface area contributed by atoms with Gasteiger partial charge in [0.2, 0.25) is 0 Å². The summed E-state index contributed by atoms with van der Waals surface area (Å²) in [5.74, 6) is -1.42. The molecule has 2 fully saturated rings. The van der Waals surface area contributed by atoms with Gasteiger partial charge in [-0.1, -0.05) is 0 Å². The first kappa shape index (κ1) is 28.2. The average molecular weight is 564 g/mol. The van der Waals surface area contributed by atoms with Crippen LogP contribution in [0.3, 0.4) is 0 Å². The molecular formula is C26H28O14. The maximum absolute atomic E-state index is 13.1. The molecule has 14 nitrogen and oxygen atoms in total. The highest BCUT2D eigenvalue weighted by Gasteiger charge is 2.50. The Morgan fingerprint density at radius 3 is 2.27 bits per heavy atom.